The molecule has 0 spiro atoms. The average Bonchev–Trinajstić information content (AvgIpc) is 2.96. The summed E-state index contributed by atoms with van der Waals surface area (Å²) in [7, 11) is 5.99. The Morgan fingerprint density at radius 3 is 2.86 bits per heavy atom. The van der Waals surface area contributed by atoms with E-state index in [1.807, 2.05) is 30.9 Å². The maximum absolute atomic E-state index is 5.56. The minimum Gasteiger partial charge on any atom is -0.468 e. The van der Waals surface area contributed by atoms with Crippen LogP contribution in [0.15, 0.2) is 27.8 Å². The second kappa shape index (κ2) is 7.42. The summed E-state index contributed by atoms with van der Waals surface area (Å²) in [4.78, 5) is 8.98. The third kappa shape index (κ3) is 4.43. The van der Waals surface area contributed by atoms with Crippen molar-refractivity contribution in [3.63, 3.8) is 0 Å². The van der Waals surface area contributed by atoms with Crippen molar-refractivity contribution in [2.24, 2.45) is 4.99 Å². The second-order valence-electron chi connectivity index (χ2n) is 6.45. The Kier molecular flexibility index (Phi) is 5.81. The molecule has 1 aliphatic heterocycles. The minimum atomic E-state index is 0.193. The largest absolute Gasteiger partial charge is 0.468 e. The molecular formula is C16H28N4OS. The van der Waals surface area contributed by atoms with Crippen LogP contribution in [0.5, 0.6) is 0 Å². The Labute approximate surface area is 138 Å². The van der Waals surface area contributed by atoms with E-state index in [9.17, 15) is 0 Å². The van der Waals surface area contributed by atoms with Gasteiger partial charge in [0.25, 0.3) is 0 Å². The molecule has 1 atom stereocenters. The van der Waals surface area contributed by atoms with Gasteiger partial charge in [-0.2, -0.15) is 11.8 Å². The summed E-state index contributed by atoms with van der Waals surface area (Å²) >= 11 is 2.03. The van der Waals surface area contributed by atoms with E-state index in [0.717, 1.165) is 37.1 Å². The first-order valence-electron chi connectivity index (χ1n) is 7.72. The van der Waals surface area contributed by atoms with Crippen LogP contribution in [0.1, 0.15) is 25.6 Å². The molecule has 0 aromatic carbocycles. The molecule has 5 nitrogen and oxygen atoms in total. The maximum Gasteiger partial charge on any atom is 0.193 e. The number of rotatable bonds is 4. The first-order chi connectivity index (χ1) is 10.4. The highest BCUT2D eigenvalue weighted by atomic mass is 32.2. The van der Waals surface area contributed by atoms with E-state index in [0.29, 0.717) is 0 Å². The summed E-state index contributed by atoms with van der Waals surface area (Å²) < 4.78 is 5.84. The first kappa shape index (κ1) is 17.2. The fraction of sp³-hybridized carbons (Fsp3) is 0.688. The molecular weight excluding hydrogens is 296 g/mol. The van der Waals surface area contributed by atoms with E-state index in [1.165, 1.54) is 0 Å². The maximum atomic E-state index is 5.56. The number of furan rings is 1. The Bertz CT molecular complexity index is 484. The number of thioether (sulfide) groups is 1. The fourth-order valence-corrected chi connectivity index (χ4v) is 3.85. The molecule has 2 rings (SSSR count). The van der Waals surface area contributed by atoms with Crippen LogP contribution in [0.4, 0.5) is 0 Å². The number of nitrogens with one attached hydrogen (secondary N) is 1. The van der Waals surface area contributed by atoms with Gasteiger partial charge in [-0.25, -0.2) is 0 Å². The zero-order valence-corrected chi connectivity index (χ0v) is 15.1. The lowest BCUT2D eigenvalue weighted by molar-refractivity contribution is 0.255. The predicted octanol–water partition coefficient (Wildman–Crippen LogP) is 2.29. The molecule has 22 heavy (non-hydrogen) atoms. The van der Waals surface area contributed by atoms with E-state index in [-0.39, 0.29) is 10.8 Å². The number of likely N-dealkylation sites (N-methyl/N-ethyl adjacent to an activating group) is 1. The normalized spacial score (nSPS) is 20.3. The molecule has 6 heteroatoms. The Morgan fingerprint density at radius 2 is 2.32 bits per heavy atom. The molecule has 0 amide bonds. The van der Waals surface area contributed by atoms with Crippen LogP contribution >= 0.6 is 11.8 Å². The molecule has 1 aromatic rings. The molecule has 2 heterocycles. The average molecular weight is 324 g/mol. The minimum absolute atomic E-state index is 0.193. The van der Waals surface area contributed by atoms with Crippen LogP contribution in [0, 0.1) is 0 Å². The van der Waals surface area contributed by atoms with Crippen molar-refractivity contribution in [1.29, 1.82) is 0 Å². The van der Waals surface area contributed by atoms with Gasteiger partial charge in [0.05, 0.1) is 12.3 Å². The van der Waals surface area contributed by atoms with Crippen molar-refractivity contribution in [3.05, 3.63) is 24.2 Å². The molecule has 1 aromatic heterocycles. The summed E-state index contributed by atoms with van der Waals surface area (Å²) in [6.07, 6.45) is 1.73. The summed E-state index contributed by atoms with van der Waals surface area (Å²) in [5, 5.41) is 3.51. The summed E-state index contributed by atoms with van der Waals surface area (Å²) in [6, 6.07) is 4.15. The van der Waals surface area contributed by atoms with Gasteiger partial charge in [0.15, 0.2) is 5.96 Å². The van der Waals surface area contributed by atoms with Gasteiger partial charge < -0.3 is 14.6 Å². The lowest BCUT2D eigenvalue weighted by Crippen LogP contribution is -2.52. The summed E-state index contributed by atoms with van der Waals surface area (Å²) in [5.41, 5.74) is 0. The third-order valence-electron chi connectivity index (χ3n) is 3.89. The van der Waals surface area contributed by atoms with Crippen LogP contribution in [-0.2, 0) is 0 Å². The van der Waals surface area contributed by atoms with Crippen LogP contribution in [-0.4, -0.2) is 67.0 Å². The number of nitrogens with zero attached hydrogens (tertiary/aromatic N) is 3. The lowest BCUT2D eigenvalue weighted by atomic mass is 10.2. The van der Waals surface area contributed by atoms with Crippen molar-refractivity contribution < 1.29 is 4.42 Å². The lowest BCUT2D eigenvalue weighted by Gasteiger charge is -2.39. The fourth-order valence-electron chi connectivity index (χ4n) is 2.74. The number of aliphatic imine (C=N–C) groups is 1. The molecule has 0 radical (unpaired) electrons. The topological polar surface area (TPSA) is 44.0 Å². The van der Waals surface area contributed by atoms with E-state index in [2.05, 4.69) is 48.1 Å². The van der Waals surface area contributed by atoms with Gasteiger partial charge in [-0.05, 0) is 40.1 Å². The summed E-state index contributed by atoms with van der Waals surface area (Å²) in [5.74, 6) is 3.09. The van der Waals surface area contributed by atoms with Gasteiger partial charge in [0.2, 0.25) is 0 Å². The first-order valence-corrected chi connectivity index (χ1v) is 8.71. The standard InChI is InChI=1S/C16H28N4OS/c1-16(2)12-20(8-10-22-16)15(17-3)18-11-13(19(4)5)14-7-6-9-21-14/h6-7,9,13H,8,10-12H2,1-5H3,(H,17,18). The Hall–Kier alpha value is -1.14. The van der Waals surface area contributed by atoms with Crippen molar-refractivity contribution in [2.75, 3.05) is 46.5 Å². The van der Waals surface area contributed by atoms with Gasteiger partial charge in [-0.15, -0.1) is 0 Å². The van der Waals surface area contributed by atoms with Crippen molar-refractivity contribution >= 4 is 17.7 Å². The van der Waals surface area contributed by atoms with Crippen LogP contribution in [0.3, 0.4) is 0 Å². The van der Waals surface area contributed by atoms with Gasteiger partial charge in [-0.1, -0.05) is 0 Å². The number of hydrogen-bond donors (Lipinski definition) is 1. The van der Waals surface area contributed by atoms with Crippen molar-refractivity contribution in [1.82, 2.24) is 15.1 Å². The van der Waals surface area contributed by atoms with E-state index in [1.54, 1.807) is 6.26 Å². The van der Waals surface area contributed by atoms with Crippen LogP contribution < -0.4 is 5.32 Å². The molecule has 0 saturated carbocycles. The van der Waals surface area contributed by atoms with E-state index >= 15 is 0 Å². The van der Waals surface area contributed by atoms with Gasteiger partial charge in [0, 0.05) is 37.2 Å². The Balaban J connectivity index is 1.98. The third-order valence-corrected chi connectivity index (χ3v) is 5.18. The molecule has 1 N–H and O–H groups in total. The van der Waals surface area contributed by atoms with Gasteiger partial charge in [0.1, 0.15) is 5.76 Å². The molecule has 0 bridgehead atoms. The highest BCUT2D eigenvalue weighted by Gasteiger charge is 2.29. The second-order valence-corrected chi connectivity index (χ2v) is 8.25. The number of guanidine groups is 1. The smallest absolute Gasteiger partial charge is 0.193 e. The van der Waals surface area contributed by atoms with E-state index in [4.69, 9.17) is 4.42 Å². The van der Waals surface area contributed by atoms with Gasteiger partial charge in [-0.3, -0.25) is 9.89 Å². The highest BCUT2D eigenvalue weighted by Crippen LogP contribution is 2.29. The van der Waals surface area contributed by atoms with Crippen LogP contribution in [0.2, 0.25) is 0 Å². The SMILES string of the molecule is CN=C(NCC(c1ccco1)N(C)C)N1CCSC(C)(C)C1. The molecule has 1 aliphatic rings. The molecule has 1 unspecified atom stereocenters. The van der Waals surface area contributed by atoms with Gasteiger partial charge >= 0.3 is 0 Å². The van der Waals surface area contributed by atoms with E-state index < -0.39 is 0 Å². The highest BCUT2D eigenvalue weighted by molar-refractivity contribution is 8.00. The molecule has 124 valence electrons. The quantitative estimate of drug-likeness (QED) is 0.680. The van der Waals surface area contributed by atoms with Crippen molar-refractivity contribution in [3.8, 4) is 0 Å². The molecule has 0 aliphatic carbocycles. The zero-order valence-electron chi connectivity index (χ0n) is 14.3. The molecule has 1 fully saturated rings. The zero-order chi connectivity index (χ0) is 16.2. The van der Waals surface area contributed by atoms with Crippen LogP contribution in [0.25, 0.3) is 0 Å². The summed E-state index contributed by atoms with van der Waals surface area (Å²) in [6.45, 7) is 7.42. The molecule has 1 saturated heterocycles. The Morgan fingerprint density at radius 1 is 1.55 bits per heavy atom. The predicted molar refractivity (Wildman–Crippen MR) is 94.6 cm³/mol. The monoisotopic (exact) mass is 324 g/mol. The number of hydrogen-bond acceptors (Lipinski definition) is 4. The van der Waals surface area contributed by atoms with Crippen molar-refractivity contribution in [2.45, 2.75) is 24.6 Å².